The van der Waals surface area contributed by atoms with Crippen LogP contribution in [-0.4, -0.2) is 27.5 Å². The Labute approximate surface area is 142 Å². The van der Waals surface area contributed by atoms with Crippen molar-refractivity contribution in [3.63, 3.8) is 0 Å². The lowest BCUT2D eigenvalue weighted by Crippen LogP contribution is -2.38. The Morgan fingerprint density at radius 3 is 2.58 bits per heavy atom. The molecule has 1 fully saturated rings. The van der Waals surface area contributed by atoms with E-state index >= 15 is 0 Å². The smallest absolute Gasteiger partial charge is 0.123 e. The topological polar surface area (TPSA) is 44.9 Å². The van der Waals surface area contributed by atoms with Crippen molar-refractivity contribution in [3.8, 4) is 6.07 Å². The van der Waals surface area contributed by atoms with Crippen molar-refractivity contribution < 1.29 is 4.39 Å². The summed E-state index contributed by atoms with van der Waals surface area (Å²) in [5.41, 5.74) is 2.02. The van der Waals surface area contributed by atoms with Gasteiger partial charge in [-0.3, -0.25) is 4.90 Å². The number of nitriles is 1. The monoisotopic (exact) mass is 326 g/mol. The van der Waals surface area contributed by atoms with Gasteiger partial charge >= 0.3 is 0 Å². The molecule has 0 N–H and O–H groups in total. The number of nitrogens with zero attached hydrogens (tertiary/aromatic N) is 4. The maximum Gasteiger partial charge on any atom is 0.123 e. The summed E-state index contributed by atoms with van der Waals surface area (Å²) in [6.45, 7) is 6.83. The summed E-state index contributed by atoms with van der Waals surface area (Å²) in [4.78, 5) is 6.69. The number of aromatic nitrogens is 2. The second-order valence-corrected chi connectivity index (χ2v) is 6.97. The second-order valence-electron chi connectivity index (χ2n) is 6.97. The predicted octanol–water partition coefficient (Wildman–Crippen LogP) is 3.76. The molecule has 1 atom stereocenters. The van der Waals surface area contributed by atoms with Crippen LogP contribution in [0.15, 0.2) is 36.8 Å². The molecular weight excluding hydrogens is 303 g/mol. The van der Waals surface area contributed by atoms with Gasteiger partial charge in [-0.15, -0.1) is 0 Å². The van der Waals surface area contributed by atoms with Gasteiger partial charge in [0.1, 0.15) is 5.82 Å². The maximum absolute atomic E-state index is 13.1. The fourth-order valence-corrected chi connectivity index (χ4v) is 3.25. The zero-order chi connectivity index (χ0) is 17.2. The van der Waals surface area contributed by atoms with E-state index in [0.717, 1.165) is 43.7 Å². The van der Waals surface area contributed by atoms with E-state index in [9.17, 15) is 9.65 Å². The molecule has 2 heterocycles. The highest BCUT2D eigenvalue weighted by atomic mass is 19.1. The van der Waals surface area contributed by atoms with Crippen LogP contribution < -0.4 is 0 Å². The zero-order valence-electron chi connectivity index (χ0n) is 14.2. The van der Waals surface area contributed by atoms with Crippen LogP contribution in [0.4, 0.5) is 4.39 Å². The molecule has 24 heavy (non-hydrogen) atoms. The molecule has 3 rings (SSSR count). The zero-order valence-corrected chi connectivity index (χ0v) is 14.2. The summed E-state index contributed by atoms with van der Waals surface area (Å²) in [5, 5.41) is 9.25. The molecule has 2 aromatic rings. The number of rotatable bonds is 4. The lowest BCUT2D eigenvalue weighted by molar-refractivity contribution is 0.147. The quantitative estimate of drug-likeness (QED) is 0.859. The first-order chi connectivity index (χ1) is 11.5. The standard InChI is InChI=1S/C19H23FN4/c1-15(16-3-5-17(20)6-4-16)24-14-22-11-18(24)12-23-9-7-19(2,13-21)8-10-23/h3-6,11,14-15H,7-10,12H2,1-2H3. The fourth-order valence-electron chi connectivity index (χ4n) is 3.25. The third-order valence-corrected chi connectivity index (χ3v) is 5.13. The fraction of sp³-hybridized carbons (Fsp3) is 0.474. The molecule has 1 aromatic heterocycles. The van der Waals surface area contributed by atoms with E-state index in [1.54, 1.807) is 0 Å². The second kappa shape index (κ2) is 6.74. The Hall–Kier alpha value is -2.19. The molecule has 1 aliphatic rings. The van der Waals surface area contributed by atoms with Gasteiger partial charge in [0.15, 0.2) is 0 Å². The summed E-state index contributed by atoms with van der Waals surface area (Å²) in [6, 6.07) is 9.19. The highest BCUT2D eigenvalue weighted by Crippen LogP contribution is 2.30. The van der Waals surface area contributed by atoms with Gasteiger partial charge in [0.2, 0.25) is 0 Å². The van der Waals surface area contributed by atoms with E-state index in [1.165, 1.54) is 12.1 Å². The average Bonchev–Trinajstić information content (AvgIpc) is 3.05. The Kier molecular flexibility index (Phi) is 4.68. The van der Waals surface area contributed by atoms with Gasteiger partial charge in [0.05, 0.1) is 29.5 Å². The predicted molar refractivity (Wildman–Crippen MR) is 90.7 cm³/mol. The number of hydrogen-bond donors (Lipinski definition) is 0. The Balaban J connectivity index is 1.70. The van der Waals surface area contributed by atoms with E-state index in [0.29, 0.717) is 0 Å². The van der Waals surface area contributed by atoms with Crippen molar-refractivity contribution in [2.75, 3.05) is 13.1 Å². The summed E-state index contributed by atoms with van der Waals surface area (Å²) in [5.74, 6) is -0.217. The molecule has 1 saturated heterocycles. The molecular formula is C19H23FN4. The lowest BCUT2D eigenvalue weighted by Gasteiger charge is -2.35. The first-order valence-electron chi connectivity index (χ1n) is 8.40. The number of likely N-dealkylation sites (tertiary alicyclic amines) is 1. The van der Waals surface area contributed by atoms with Crippen LogP contribution in [0.25, 0.3) is 0 Å². The Bertz CT molecular complexity index is 721. The molecule has 1 unspecified atom stereocenters. The molecule has 0 bridgehead atoms. The molecule has 126 valence electrons. The van der Waals surface area contributed by atoms with Crippen LogP contribution in [-0.2, 0) is 6.54 Å². The lowest BCUT2D eigenvalue weighted by atomic mass is 9.82. The van der Waals surface area contributed by atoms with E-state index < -0.39 is 0 Å². The van der Waals surface area contributed by atoms with Crippen LogP contribution in [0.5, 0.6) is 0 Å². The van der Waals surface area contributed by atoms with Crippen molar-refractivity contribution in [2.45, 2.75) is 39.3 Å². The van der Waals surface area contributed by atoms with Gasteiger partial charge < -0.3 is 4.57 Å². The minimum Gasteiger partial charge on any atom is -0.326 e. The van der Waals surface area contributed by atoms with Crippen LogP contribution in [0.3, 0.4) is 0 Å². The van der Waals surface area contributed by atoms with E-state index in [-0.39, 0.29) is 17.3 Å². The minimum atomic E-state index is -0.217. The SMILES string of the molecule is CC(c1ccc(F)cc1)n1cncc1CN1CCC(C)(C#N)CC1. The molecule has 0 amide bonds. The molecule has 0 aliphatic carbocycles. The first-order valence-corrected chi connectivity index (χ1v) is 8.40. The van der Waals surface area contributed by atoms with Crippen molar-refractivity contribution in [1.82, 2.24) is 14.5 Å². The highest BCUT2D eigenvalue weighted by molar-refractivity contribution is 5.21. The van der Waals surface area contributed by atoms with Crippen molar-refractivity contribution in [3.05, 3.63) is 53.9 Å². The average molecular weight is 326 g/mol. The Morgan fingerprint density at radius 2 is 1.96 bits per heavy atom. The van der Waals surface area contributed by atoms with Crippen molar-refractivity contribution in [1.29, 1.82) is 5.26 Å². The molecule has 0 radical (unpaired) electrons. The number of imidazole rings is 1. The number of hydrogen-bond acceptors (Lipinski definition) is 3. The van der Waals surface area contributed by atoms with Crippen LogP contribution in [0, 0.1) is 22.6 Å². The third-order valence-electron chi connectivity index (χ3n) is 5.13. The number of piperidine rings is 1. The van der Waals surface area contributed by atoms with Crippen LogP contribution in [0.1, 0.15) is 44.0 Å². The third kappa shape index (κ3) is 3.49. The van der Waals surface area contributed by atoms with E-state index in [1.807, 2.05) is 31.6 Å². The minimum absolute atomic E-state index is 0.109. The van der Waals surface area contributed by atoms with Gasteiger partial charge in [0.25, 0.3) is 0 Å². The summed E-state index contributed by atoms with van der Waals surface area (Å²) >= 11 is 0. The first kappa shape index (κ1) is 16.7. The normalized spacial score (nSPS) is 18.9. The molecule has 4 nitrogen and oxygen atoms in total. The molecule has 1 aliphatic heterocycles. The molecule has 5 heteroatoms. The number of benzene rings is 1. The van der Waals surface area contributed by atoms with Gasteiger partial charge in [-0.1, -0.05) is 12.1 Å². The van der Waals surface area contributed by atoms with E-state index in [4.69, 9.17) is 0 Å². The van der Waals surface area contributed by atoms with Crippen LogP contribution in [0.2, 0.25) is 0 Å². The Morgan fingerprint density at radius 1 is 1.29 bits per heavy atom. The molecule has 0 saturated carbocycles. The molecule has 0 spiro atoms. The van der Waals surface area contributed by atoms with Gasteiger partial charge in [-0.05, 0) is 44.4 Å². The highest BCUT2D eigenvalue weighted by Gasteiger charge is 2.30. The van der Waals surface area contributed by atoms with Crippen molar-refractivity contribution >= 4 is 0 Å². The molecule has 1 aromatic carbocycles. The maximum atomic E-state index is 13.1. The summed E-state index contributed by atoms with van der Waals surface area (Å²) < 4.78 is 15.3. The van der Waals surface area contributed by atoms with Gasteiger partial charge in [-0.25, -0.2) is 9.37 Å². The van der Waals surface area contributed by atoms with Crippen molar-refractivity contribution in [2.24, 2.45) is 5.41 Å². The summed E-state index contributed by atoms with van der Waals surface area (Å²) in [6.07, 6.45) is 5.56. The van der Waals surface area contributed by atoms with Gasteiger partial charge in [-0.2, -0.15) is 5.26 Å². The van der Waals surface area contributed by atoms with E-state index in [2.05, 4.69) is 27.4 Å². The van der Waals surface area contributed by atoms with Crippen LogP contribution >= 0.6 is 0 Å². The van der Waals surface area contributed by atoms with Gasteiger partial charge in [0, 0.05) is 25.8 Å². The summed E-state index contributed by atoms with van der Waals surface area (Å²) in [7, 11) is 0. The largest absolute Gasteiger partial charge is 0.326 e. The number of halogens is 1.